The van der Waals surface area contributed by atoms with Gasteiger partial charge in [-0.25, -0.2) is 0 Å². The lowest BCUT2D eigenvalue weighted by atomic mass is 9.92. The summed E-state index contributed by atoms with van der Waals surface area (Å²) in [4.78, 5) is 7.23. The number of nitrogens with zero attached hydrogens (tertiary/aromatic N) is 2. The van der Waals surface area contributed by atoms with Crippen LogP contribution in [0, 0.1) is 11.3 Å². The van der Waals surface area contributed by atoms with Gasteiger partial charge in [0.25, 0.3) is 0 Å². The van der Waals surface area contributed by atoms with Gasteiger partial charge in [-0.2, -0.15) is 0 Å². The third-order valence-corrected chi connectivity index (χ3v) is 3.98. The fourth-order valence-electron chi connectivity index (χ4n) is 3.14. The quantitative estimate of drug-likeness (QED) is 0.646. The lowest BCUT2D eigenvalue weighted by Gasteiger charge is -2.30. The van der Waals surface area contributed by atoms with Gasteiger partial charge in [-0.15, -0.1) is 0 Å². The first-order valence-electron chi connectivity index (χ1n) is 8.19. The van der Waals surface area contributed by atoms with E-state index in [1.54, 1.807) is 5.57 Å². The number of aliphatic imine (C=N–C) groups is 1. The highest BCUT2D eigenvalue weighted by Gasteiger charge is 2.20. The minimum absolute atomic E-state index is 0.390. The molecule has 0 bridgehead atoms. The average molecular weight is 278 g/mol. The van der Waals surface area contributed by atoms with E-state index in [0.29, 0.717) is 11.3 Å². The summed E-state index contributed by atoms with van der Waals surface area (Å²) in [6, 6.07) is 0. The van der Waals surface area contributed by atoms with Crippen molar-refractivity contribution in [1.29, 1.82) is 0 Å². The maximum absolute atomic E-state index is 4.60. The van der Waals surface area contributed by atoms with Crippen LogP contribution in [-0.4, -0.2) is 30.2 Å². The molecule has 0 radical (unpaired) electrons. The van der Waals surface area contributed by atoms with Crippen LogP contribution < -0.4 is 0 Å². The van der Waals surface area contributed by atoms with Crippen LogP contribution in [0.2, 0.25) is 0 Å². The highest BCUT2D eigenvalue weighted by molar-refractivity contribution is 5.87. The van der Waals surface area contributed by atoms with Crippen molar-refractivity contribution in [3.8, 4) is 0 Å². The van der Waals surface area contributed by atoms with Gasteiger partial charge < -0.3 is 4.90 Å². The van der Waals surface area contributed by atoms with Gasteiger partial charge in [0, 0.05) is 24.4 Å². The van der Waals surface area contributed by atoms with Gasteiger partial charge in [0.2, 0.25) is 0 Å². The van der Waals surface area contributed by atoms with E-state index in [0.717, 1.165) is 6.42 Å². The largest absolute Gasteiger partial charge is 0.303 e. The third kappa shape index (κ3) is 5.78. The second-order valence-electron chi connectivity index (χ2n) is 7.66. The molecule has 1 aliphatic heterocycles. The zero-order valence-corrected chi connectivity index (χ0v) is 14.7. The first kappa shape index (κ1) is 17.4. The van der Waals surface area contributed by atoms with Crippen molar-refractivity contribution < 1.29 is 0 Å². The van der Waals surface area contributed by atoms with Crippen molar-refractivity contribution in [1.82, 2.24) is 4.90 Å². The van der Waals surface area contributed by atoms with Crippen molar-refractivity contribution in [3.63, 3.8) is 0 Å². The van der Waals surface area contributed by atoms with E-state index in [2.05, 4.69) is 58.4 Å². The van der Waals surface area contributed by atoms with Crippen LogP contribution in [0.25, 0.3) is 0 Å². The predicted molar refractivity (Wildman–Crippen MR) is 90.4 cm³/mol. The molecular formula is C18H34N2. The molecule has 0 aliphatic carbocycles. The molecule has 0 fully saturated rings. The smallest absolute Gasteiger partial charge is 0.0370 e. The number of rotatable bonds is 7. The molecule has 1 atom stereocenters. The van der Waals surface area contributed by atoms with Crippen LogP contribution in [0.1, 0.15) is 67.7 Å². The van der Waals surface area contributed by atoms with Gasteiger partial charge in [0.1, 0.15) is 0 Å². The first-order chi connectivity index (χ1) is 9.23. The van der Waals surface area contributed by atoms with E-state index in [-0.39, 0.29) is 0 Å². The molecule has 0 N–H and O–H groups in total. The van der Waals surface area contributed by atoms with Crippen molar-refractivity contribution in [2.75, 3.05) is 19.6 Å². The fourth-order valence-corrected chi connectivity index (χ4v) is 3.14. The molecule has 116 valence electrons. The van der Waals surface area contributed by atoms with Crippen LogP contribution in [0.15, 0.2) is 16.3 Å². The molecule has 0 amide bonds. The Bertz CT molecular complexity index is 371. The Labute approximate surface area is 126 Å². The zero-order chi connectivity index (χ0) is 15.3. The summed E-state index contributed by atoms with van der Waals surface area (Å²) in [5, 5.41) is 0. The Morgan fingerprint density at radius 2 is 1.85 bits per heavy atom. The molecule has 1 unspecified atom stereocenters. The van der Waals surface area contributed by atoms with Crippen molar-refractivity contribution in [2.24, 2.45) is 16.3 Å². The zero-order valence-electron chi connectivity index (χ0n) is 14.7. The van der Waals surface area contributed by atoms with Gasteiger partial charge in [-0.1, -0.05) is 34.6 Å². The Balaban J connectivity index is 2.49. The van der Waals surface area contributed by atoms with Crippen LogP contribution >= 0.6 is 0 Å². The Morgan fingerprint density at radius 1 is 1.20 bits per heavy atom. The molecule has 0 spiro atoms. The molecular weight excluding hydrogens is 244 g/mol. The molecule has 2 heteroatoms. The van der Waals surface area contributed by atoms with Crippen molar-refractivity contribution >= 4 is 5.71 Å². The van der Waals surface area contributed by atoms with Crippen LogP contribution in [0.5, 0.6) is 0 Å². The normalized spacial score (nSPS) is 17.9. The summed E-state index contributed by atoms with van der Waals surface area (Å²) in [7, 11) is 0. The summed E-state index contributed by atoms with van der Waals surface area (Å²) in [5.74, 6) is 0.663. The molecule has 0 saturated carbocycles. The minimum atomic E-state index is 0.390. The number of hydrogen-bond acceptors (Lipinski definition) is 2. The van der Waals surface area contributed by atoms with Crippen LogP contribution in [0.4, 0.5) is 0 Å². The highest BCUT2D eigenvalue weighted by atomic mass is 15.1. The van der Waals surface area contributed by atoms with Gasteiger partial charge in [0.05, 0.1) is 0 Å². The molecule has 0 aromatic carbocycles. The summed E-state index contributed by atoms with van der Waals surface area (Å²) >= 11 is 0. The van der Waals surface area contributed by atoms with E-state index in [4.69, 9.17) is 0 Å². The SMILES string of the molecule is CCCN(CCC(C)C1=C(C)N=C(C)C1)CC(C)(C)C. The highest BCUT2D eigenvalue weighted by Crippen LogP contribution is 2.28. The Morgan fingerprint density at radius 3 is 2.30 bits per heavy atom. The summed E-state index contributed by atoms with van der Waals surface area (Å²) in [6.45, 7) is 19.6. The molecule has 1 heterocycles. The second-order valence-corrected chi connectivity index (χ2v) is 7.66. The molecule has 1 rings (SSSR count). The van der Waals surface area contributed by atoms with Crippen LogP contribution in [0.3, 0.4) is 0 Å². The summed E-state index contributed by atoms with van der Waals surface area (Å²) in [5.41, 5.74) is 4.51. The van der Waals surface area contributed by atoms with Crippen LogP contribution in [-0.2, 0) is 0 Å². The summed E-state index contributed by atoms with van der Waals surface area (Å²) < 4.78 is 0. The Kier molecular flexibility index (Phi) is 6.44. The fraction of sp³-hybridized carbons (Fsp3) is 0.833. The average Bonchev–Trinajstić information content (AvgIpc) is 2.63. The molecule has 20 heavy (non-hydrogen) atoms. The van der Waals surface area contributed by atoms with E-state index in [1.165, 1.54) is 43.9 Å². The number of hydrogen-bond donors (Lipinski definition) is 0. The molecule has 0 aromatic heterocycles. The maximum Gasteiger partial charge on any atom is 0.0370 e. The molecule has 0 aromatic rings. The minimum Gasteiger partial charge on any atom is -0.303 e. The monoisotopic (exact) mass is 278 g/mol. The summed E-state index contributed by atoms with van der Waals surface area (Å²) in [6.07, 6.45) is 3.60. The van der Waals surface area contributed by atoms with Crippen molar-refractivity contribution in [3.05, 3.63) is 11.3 Å². The van der Waals surface area contributed by atoms with Gasteiger partial charge >= 0.3 is 0 Å². The first-order valence-corrected chi connectivity index (χ1v) is 8.19. The second kappa shape index (κ2) is 7.40. The Hall–Kier alpha value is -0.630. The van der Waals surface area contributed by atoms with E-state index < -0.39 is 0 Å². The maximum atomic E-state index is 4.60. The van der Waals surface area contributed by atoms with E-state index in [9.17, 15) is 0 Å². The lowest BCUT2D eigenvalue weighted by Crippen LogP contribution is -2.34. The lowest BCUT2D eigenvalue weighted by molar-refractivity contribution is 0.184. The molecule has 0 saturated heterocycles. The van der Waals surface area contributed by atoms with Gasteiger partial charge in [-0.05, 0) is 56.7 Å². The van der Waals surface area contributed by atoms with E-state index >= 15 is 0 Å². The molecule has 1 aliphatic rings. The third-order valence-electron chi connectivity index (χ3n) is 3.98. The van der Waals surface area contributed by atoms with Gasteiger partial charge in [-0.3, -0.25) is 4.99 Å². The molecule has 2 nitrogen and oxygen atoms in total. The number of allylic oxidation sites excluding steroid dienone is 2. The van der Waals surface area contributed by atoms with Gasteiger partial charge in [0.15, 0.2) is 0 Å². The topological polar surface area (TPSA) is 15.6 Å². The predicted octanol–water partition coefficient (Wildman–Crippen LogP) is 4.91. The van der Waals surface area contributed by atoms with E-state index in [1.807, 2.05) is 0 Å². The standard InChI is InChI=1S/C18H34N2/c1-8-10-20(13-18(5,6)7)11-9-14(2)17-12-15(3)19-16(17)4/h14H,8-13H2,1-7H3. The van der Waals surface area contributed by atoms with Crippen molar-refractivity contribution in [2.45, 2.75) is 67.7 Å².